The molecule has 0 bridgehead atoms. The van der Waals surface area contributed by atoms with Crippen molar-refractivity contribution in [1.82, 2.24) is 13.4 Å². The molecule has 0 unspecified atom stereocenters. The van der Waals surface area contributed by atoms with Crippen LogP contribution in [0.1, 0.15) is 29.9 Å². The van der Waals surface area contributed by atoms with Crippen LogP contribution in [-0.4, -0.2) is 58.1 Å². The molecule has 17 heteroatoms. The minimum Gasteiger partial charge on any atom is -0.478 e. The van der Waals surface area contributed by atoms with Gasteiger partial charge in [0.05, 0.1) is 16.3 Å². The number of rotatable bonds is 7. The van der Waals surface area contributed by atoms with Crippen molar-refractivity contribution in [3.8, 4) is 5.69 Å². The summed E-state index contributed by atoms with van der Waals surface area (Å²) in [5, 5.41) is 13.6. The van der Waals surface area contributed by atoms with Gasteiger partial charge in [-0.25, -0.2) is 24.1 Å². The van der Waals surface area contributed by atoms with Crippen LogP contribution in [0.2, 0.25) is 5.02 Å². The monoisotopic (exact) mass is 584 g/mol. The van der Waals surface area contributed by atoms with E-state index in [2.05, 4.69) is 6.58 Å². The van der Waals surface area contributed by atoms with E-state index in [0.29, 0.717) is 4.57 Å². The molecule has 0 radical (unpaired) electrons. The number of benzene rings is 1. The number of alkyl halides is 3. The summed E-state index contributed by atoms with van der Waals surface area (Å²) in [6.07, 6.45) is -3.46. The fourth-order valence-corrected chi connectivity index (χ4v) is 3.07. The highest BCUT2D eigenvalue weighted by molar-refractivity contribution is 7.86. The van der Waals surface area contributed by atoms with Crippen LogP contribution in [0.15, 0.2) is 46.5 Å². The van der Waals surface area contributed by atoms with Crippen LogP contribution in [0.25, 0.3) is 5.69 Å². The molecular weight excluding hydrogens is 561 g/mol. The molecule has 1 aromatic heterocycles. The lowest BCUT2D eigenvalue weighted by molar-refractivity contribution is -0.155. The van der Waals surface area contributed by atoms with Crippen molar-refractivity contribution in [2.24, 2.45) is 12.2 Å². The van der Waals surface area contributed by atoms with Gasteiger partial charge in [-0.1, -0.05) is 17.7 Å². The van der Waals surface area contributed by atoms with Gasteiger partial charge in [0.25, 0.3) is 15.8 Å². The molecule has 0 amide bonds. The first kappa shape index (κ1) is 32.6. The Labute approximate surface area is 219 Å². The number of carboxylic acids is 1. The van der Waals surface area contributed by atoms with Crippen molar-refractivity contribution < 1.29 is 41.0 Å². The maximum atomic E-state index is 13.0. The first-order valence-electron chi connectivity index (χ1n) is 10.2. The molecule has 0 spiro atoms. The molecule has 0 saturated heterocycles. The number of carboxylic acid groups (broad SMARTS) is 1. The summed E-state index contributed by atoms with van der Waals surface area (Å²) in [6.45, 7) is 5.83. The van der Waals surface area contributed by atoms with Crippen molar-refractivity contribution >= 4 is 33.7 Å². The maximum Gasteiger partial charge on any atom is 0.431 e. The first-order valence-corrected chi connectivity index (χ1v) is 12.0. The van der Waals surface area contributed by atoms with E-state index in [4.69, 9.17) is 26.6 Å². The number of aliphatic carboxylic acids is 1. The molecular formula is C21H24ClF3N4O8S. The molecule has 0 aliphatic rings. The third-order valence-corrected chi connectivity index (χ3v) is 6.07. The second-order valence-electron chi connectivity index (χ2n) is 8.03. The van der Waals surface area contributed by atoms with Crippen LogP contribution in [0.5, 0.6) is 0 Å². The van der Waals surface area contributed by atoms with E-state index in [0.717, 1.165) is 43.4 Å². The van der Waals surface area contributed by atoms with Crippen LogP contribution in [0, 0.1) is 0 Å². The second-order valence-corrected chi connectivity index (χ2v) is 10.1. The number of carbonyl (C=O) groups excluding carboxylic acids is 1. The third kappa shape index (κ3) is 8.01. The number of likely N-dealkylation sites (N-methyl/N-ethyl adjacent to an activating group) is 1. The molecule has 2 aromatic rings. The minimum absolute atomic E-state index is 0.184. The fourth-order valence-electron chi connectivity index (χ4n) is 2.56. The Bertz CT molecular complexity index is 1470. The van der Waals surface area contributed by atoms with Crippen molar-refractivity contribution in [1.29, 1.82) is 0 Å². The van der Waals surface area contributed by atoms with E-state index >= 15 is 0 Å². The number of hydrogen-bond donors (Lipinski definition) is 2. The lowest BCUT2D eigenvalue weighted by Crippen LogP contribution is -2.40. The number of hydrogen-bond acceptors (Lipinski definition) is 7. The summed E-state index contributed by atoms with van der Waals surface area (Å²) in [4.78, 5) is 47.9. The summed E-state index contributed by atoms with van der Waals surface area (Å²) in [7, 11) is -1.28. The Morgan fingerprint density at radius 2 is 1.79 bits per heavy atom. The van der Waals surface area contributed by atoms with Gasteiger partial charge in [0.15, 0.2) is 0 Å². The first-order chi connectivity index (χ1) is 17.1. The number of carbonyl (C=O) groups is 2. The molecule has 210 valence electrons. The Morgan fingerprint density at radius 3 is 2.21 bits per heavy atom. The molecule has 0 aliphatic carbocycles. The number of aromatic nitrogens is 2. The smallest absolute Gasteiger partial charge is 0.431 e. The third-order valence-electron chi connectivity index (χ3n) is 4.72. The summed E-state index contributed by atoms with van der Waals surface area (Å²) < 4.78 is 66.1. The topological polar surface area (TPSA) is 171 Å². The largest absolute Gasteiger partial charge is 0.478 e. The molecule has 0 aliphatic heterocycles. The zero-order valence-corrected chi connectivity index (χ0v) is 22.0. The highest BCUT2D eigenvalue weighted by atomic mass is 35.5. The quantitative estimate of drug-likeness (QED) is 0.364. The van der Waals surface area contributed by atoms with Gasteiger partial charge in [-0.05, 0) is 32.0 Å². The normalized spacial score (nSPS) is 11.9. The van der Waals surface area contributed by atoms with Crippen molar-refractivity contribution in [3.05, 3.63) is 74.0 Å². The summed E-state index contributed by atoms with van der Waals surface area (Å²) in [6, 6.07) is 3.43. The number of ether oxygens (including phenoxy) is 1. The molecule has 0 saturated carbocycles. The molecule has 2 rings (SSSR count). The van der Waals surface area contributed by atoms with Gasteiger partial charge < -0.3 is 9.84 Å². The summed E-state index contributed by atoms with van der Waals surface area (Å²) in [5.74, 6) is -2.60. The Hall–Kier alpha value is -3.47. The van der Waals surface area contributed by atoms with Gasteiger partial charge in [-0.2, -0.15) is 25.9 Å². The average Bonchev–Trinajstić information content (AvgIpc) is 2.76. The van der Waals surface area contributed by atoms with Gasteiger partial charge in [0.1, 0.15) is 5.69 Å². The van der Waals surface area contributed by atoms with Crippen molar-refractivity contribution in [3.63, 3.8) is 0 Å². The second kappa shape index (κ2) is 11.9. The van der Waals surface area contributed by atoms with Crippen molar-refractivity contribution in [2.45, 2.75) is 25.6 Å². The lowest BCUT2D eigenvalue weighted by Gasteiger charge is -2.20. The van der Waals surface area contributed by atoms with Crippen LogP contribution in [0.3, 0.4) is 0 Å². The van der Waals surface area contributed by atoms with Gasteiger partial charge in [0, 0.05) is 26.7 Å². The zero-order chi connectivity index (χ0) is 29.8. The highest BCUT2D eigenvalue weighted by Gasteiger charge is 2.35. The molecule has 0 atom stereocenters. The Balaban J connectivity index is 0.000000686. The summed E-state index contributed by atoms with van der Waals surface area (Å²) in [5.41, 5.74) is -6.58. The van der Waals surface area contributed by atoms with Crippen LogP contribution < -0.4 is 16.4 Å². The maximum absolute atomic E-state index is 13.0. The van der Waals surface area contributed by atoms with E-state index < -0.39 is 50.9 Å². The highest BCUT2D eigenvalue weighted by Crippen LogP contribution is 2.27. The van der Waals surface area contributed by atoms with E-state index in [1.54, 1.807) is 0 Å². The molecule has 38 heavy (non-hydrogen) atoms. The van der Waals surface area contributed by atoms with Crippen LogP contribution in [-0.2, 0) is 33.0 Å². The van der Waals surface area contributed by atoms with Crippen LogP contribution in [0.4, 0.5) is 13.2 Å². The zero-order valence-electron chi connectivity index (χ0n) is 20.4. The number of esters is 1. The molecule has 12 nitrogen and oxygen atoms in total. The number of nitrogens with two attached hydrogens (primary N) is 1. The average molecular weight is 585 g/mol. The standard InChI is InChI=1S/C17H14ClF3N2O6.C4H10N2O2S/c1-16(2,14(26)27)29-13(25)9-6-8(4-5-10(9)18)23-12(24)7-11(17(19,20)21)22(3)15(23)28;1-3-4-6(2)9(5,7)8/h4-7H,1-3H3,(H,26,27);3H,1,4H2,2H3,(H2,5,7,8). The summed E-state index contributed by atoms with van der Waals surface area (Å²) >= 11 is 5.92. The van der Waals surface area contributed by atoms with Gasteiger partial charge >= 0.3 is 23.8 Å². The van der Waals surface area contributed by atoms with E-state index in [1.807, 2.05) is 0 Å². The molecule has 0 fully saturated rings. The van der Waals surface area contributed by atoms with E-state index in [9.17, 15) is 40.8 Å². The molecule has 1 aromatic carbocycles. The van der Waals surface area contributed by atoms with Gasteiger partial charge in [-0.15, -0.1) is 6.58 Å². The van der Waals surface area contributed by atoms with Gasteiger partial charge in [-0.3, -0.25) is 9.36 Å². The van der Waals surface area contributed by atoms with Crippen LogP contribution >= 0.6 is 11.6 Å². The SMILES string of the molecule is C=CCN(C)S(N)(=O)=O.Cn1c(C(F)(F)F)cc(=O)n(-c2ccc(Cl)c(C(=O)OC(C)(C)C(=O)O)c2)c1=O. The van der Waals surface area contributed by atoms with Gasteiger partial charge in [0.2, 0.25) is 5.60 Å². The van der Waals surface area contributed by atoms with E-state index in [-0.39, 0.29) is 33.5 Å². The van der Waals surface area contributed by atoms with Crippen molar-refractivity contribution in [2.75, 3.05) is 13.6 Å². The molecule has 1 heterocycles. The Kier molecular flexibility index (Phi) is 10.2. The molecule has 3 N–H and O–H groups in total. The van der Waals surface area contributed by atoms with E-state index in [1.165, 1.54) is 13.1 Å². The fraction of sp³-hybridized carbons (Fsp3) is 0.333. The lowest BCUT2D eigenvalue weighted by atomic mass is 10.1. The predicted molar refractivity (Wildman–Crippen MR) is 130 cm³/mol. The number of nitrogens with zero attached hydrogens (tertiary/aromatic N) is 3. The minimum atomic E-state index is -4.93. The predicted octanol–water partition coefficient (Wildman–Crippen LogP) is 1.54. The number of halogens is 4. The Morgan fingerprint density at radius 1 is 1.24 bits per heavy atom.